The van der Waals surface area contributed by atoms with Gasteiger partial charge in [-0.15, -0.1) is 0 Å². The van der Waals surface area contributed by atoms with Crippen LogP contribution in [0.5, 0.6) is 5.75 Å². The maximum atomic E-state index is 12.3. The zero-order valence-corrected chi connectivity index (χ0v) is 9.97. The highest BCUT2D eigenvalue weighted by molar-refractivity contribution is 6.32. The summed E-state index contributed by atoms with van der Waals surface area (Å²) in [5.74, 6) is -2.36. The molecule has 1 aromatic rings. The summed E-state index contributed by atoms with van der Waals surface area (Å²) in [5.41, 5.74) is -0.405. The number of carboxylic acids is 1. The fraction of sp³-hybridized carbons (Fsp3) is 0.300. The Bertz CT molecular complexity index is 497. The first kappa shape index (κ1) is 16.4. The van der Waals surface area contributed by atoms with E-state index in [0.717, 1.165) is 6.07 Å². The van der Waals surface area contributed by atoms with E-state index < -0.39 is 40.8 Å². The summed E-state index contributed by atoms with van der Waals surface area (Å²) in [6, 6.07) is 2.08. The second-order valence-corrected chi connectivity index (χ2v) is 3.94. The van der Waals surface area contributed by atoms with E-state index in [0.29, 0.717) is 12.1 Å². The van der Waals surface area contributed by atoms with E-state index in [1.807, 2.05) is 0 Å². The Morgan fingerprint density at radius 2 is 1.65 bits per heavy atom. The number of halogens is 7. The van der Waals surface area contributed by atoms with Crippen molar-refractivity contribution in [3.05, 3.63) is 28.8 Å². The maximum absolute atomic E-state index is 12.3. The van der Waals surface area contributed by atoms with Gasteiger partial charge in [0.15, 0.2) is 0 Å². The van der Waals surface area contributed by atoms with Gasteiger partial charge >= 0.3 is 18.3 Å². The molecule has 1 N–H and O–H groups in total. The van der Waals surface area contributed by atoms with Crippen molar-refractivity contribution in [2.75, 3.05) is 0 Å². The lowest BCUT2D eigenvalue weighted by Crippen LogP contribution is -2.46. The third kappa shape index (κ3) is 3.92. The van der Waals surface area contributed by atoms with E-state index in [2.05, 4.69) is 4.74 Å². The van der Waals surface area contributed by atoms with Crippen LogP contribution < -0.4 is 4.74 Å². The molecule has 0 fully saturated rings. The molecular weight excluding hydrogens is 318 g/mol. The Labute approximate surface area is 112 Å². The van der Waals surface area contributed by atoms with Crippen LogP contribution in [0, 0.1) is 0 Å². The monoisotopic (exact) mass is 322 g/mol. The highest BCUT2D eigenvalue weighted by Crippen LogP contribution is 2.38. The molecular formula is C10H5ClF6O3. The van der Waals surface area contributed by atoms with Gasteiger partial charge in [-0.3, -0.25) is 0 Å². The molecule has 0 aliphatic heterocycles. The molecule has 0 heterocycles. The molecule has 0 aromatic heterocycles. The summed E-state index contributed by atoms with van der Waals surface area (Å²) in [7, 11) is 0. The molecule has 112 valence electrons. The van der Waals surface area contributed by atoms with E-state index in [1.165, 1.54) is 0 Å². The molecule has 0 atom stereocenters. The Balaban J connectivity index is 3.10. The molecule has 20 heavy (non-hydrogen) atoms. The van der Waals surface area contributed by atoms with Crippen LogP contribution in [0.4, 0.5) is 26.3 Å². The molecule has 0 unspecified atom stereocenters. The van der Waals surface area contributed by atoms with Gasteiger partial charge in [-0.05, 0) is 18.2 Å². The molecule has 1 aromatic carbocycles. The van der Waals surface area contributed by atoms with Crippen molar-refractivity contribution in [1.82, 2.24) is 0 Å². The van der Waals surface area contributed by atoms with Crippen LogP contribution in [0.3, 0.4) is 0 Å². The van der Waals surface area contributed by atoms with E-state index in [-0.39, 0.29) is 0 Å². The SMILES string of the molecule is O=C(O)c1ccc(OC(C(F)(F)F)C(F)(F)F)c(Cl)c1. The van der Waals surface area contributed by atoms with Crippen LogP contribution in [0.1, 0.15) is 10.4 Å². The fourth-order valence-electron chi connectivity index (χ4n) is 1.18. The first-order valence-electron chi connectivity index (χ1n) is 4.76. The van der Waals surface area contributed by atoms with Gasteiger partial charge in [0, 0.05) is 0 Å². The summed E-state index contributed by atoms with van der Waals surface area (Å²) >= 11 is 5.39. The highest BCUT2D eigenvalue weighted by Gasteiger charge is 2.59. The summed E-state index contributed by atoms with van der Waals surface area (Å²) in [5, 5.41) is 7.90. The van der Waals surface area contributed by atoms with Gasteiger partial charge in [0.25, 0.3) is 6.10 Å². The van der Waals surface area contributed by atoms with Crippen LogP contribution >= 0.6 is 11.6 Å². The van der Waals surface area contributed by atoms with Crippen molar-refractivity contribution in [3.8, 4) is 5.75 Å². The van der Waals surface area contributed by atoms with Crippen molar-refractivity contribution >= 4 is 17.6 Å². The van der Waals surface area contributed by atoms with Gasteiger partial charge < -0.3 is 9.84 Å². The average molecular weight is 323 g/mol. The summed E-state index contributed by atoms with van der Waals surface area (Å²) in [6.07, 6.45) is -15.4. The van der Waals surface area contributed by atoms with Gasteiger partial charge in [0.1, 0.15) is 5.75 Å². The molecule has 0 amide bonds. The number of rotatable bonds is 3. The van der Waals surface area contributed by atoms with E-state index >= 15 is 0 Å². The normalized spacial score (nSPS) is 12.6. The Kier molecular flexibility index (Phi) is 4.42. The van der Waals surface area contributed by atoms with Gasteiger partial charge in [-0.25, -0.2) is 4.79 Å². The largest absolute Gasteiger partial charge is 0.478 e. The number of carboxylic acid groups (broad SMARTS) is 1. The molecule has 0 bridgehead atoms. The van der Waals surface area contributed by atoms with Crippen LogP contribution in [-0.2, 0) is 0 Å². The maximum Gasteiger partial charge on any atom is 0.434 e. The molecule has 0 radical (unpaired) electrons. The molecule has 10 heteroatoms. The minimum atomic E-state index is -5.69. The fourth-order valence-corrected chi connectivity index (χ4v) is 1.40. The van der Waals surface area contributed by atoms with Gasteiger partial charge in [-0.1, -0.05) is 11.6 Å². The lowest BCUT2D eigenvalue weighted by atomic mass is 10.2. The molecule has 0 saturated carbocycles. The van der Waals surface area contributed by atoms with Crippen LogP contribution in [0.15, 0.2) is 18.2 Å². The summed E-state index contributed by atoms with van der Waals surface area (Å²) < 4.78 is 77.4. The predicted octanol–water partition coefficient (Wildman–Crippen LogP) is 3.91. The van der Waals surface area contributed by atoms with Crippen molar-refractivity contribution in [2.24, 2.45) is 0 Å². The van der Waals surface area contributed by atoms with E-state index in [4.69, 9.17) is 16.7 Å². The lowest BCUT2D eigenvalue weighted by Gasteiger charge is -2.24. The average Bonchev–Trinajstić information content (AvgIpc) is 2.23. The Hall–Kier alpha value is -1.64. The standard InChI is InChI=1S/C10H5ClF6O3/c11-5-3-4(7(18)19)1-2-6(5)20-8(9(12,13)14)10(15,16)17/h1-3,8H,(H,18,19). The third-order valence-corrected chi connectivity index (χ3v) is 2.31. The van der Waals surface area contributed by atoms with Gasteiger partial charge in [-0.2, -0.15) is 26.3 Å². The molecule has 3 nitrogen and oxygen atoms in total. The van der Waals surface area contributed by atoms with Gasteiger partial charge in [0.2, 0.25) is 0 Å². The highest BCUT2D eigenvalue weighted by atomic mass is 35.5. The van der Waals surface area contributed by atoms with Crippen molar-refractivity contribution < 1.29 is 41.0 Å². The second kappa shape index (κ2) is 5.39. The first-order chi connectivity index (χ1) is 8.93. The number of benzene rings is 1. The van der Waals surface area contributed by atoms with E-state index in [9.17, 15) is 31.1 Å². The number of hydrogen-bond acceptors (Lipinski definition) is 2. The molecule has 0 aliphatic rings. The molecule has 1 rings (SSSR count). The smallest absolute Gasteiger partial charge is 0.434 e. The molecule has 0 spiro atoms. The zero-order valence-electron chi connectivity index (χ0n) is 9.22. The minimum Gasteiger partial charge on any atom is -0.478 e. The first-order valence-corrected chi connectivity index (χ1v) is 5.13. The lowest BCUT2D eigenvalue weighted by molar-refractivity contribution is -0.299. The Morgan fingerprint density at radius 3 is 2.00 bits per heavy atom. The minimum absolute atomic E-state index is 0.405. The second-order valence-electron chi connectivity index (χ2n) is 3.53. The number of aromatic carboxylic acids is 1. The van der Waals surface area contributed by atoms with E-state index in [1.54, 1.807) is 0 Å². The quantitative estimate of drug-likeness (QED) is 0.858. The van der Waals surface area contributed by atoms with Crippen molar-refractivity contribution in [2.45, 2.75) is 18.5 Å². The van der Waals surface area contributed by atoms with Crippen LogP contribution in [-0.4, -0.2) is 29.5 Å². The number of alkyl halides is 6. The number of carbonyl (C=O) groups is 1. The number of hydrogen-bond donors (Lipinski definition) is 1. The topological polar surface area (TPSA) is 46.5 Å². The van der Waals surface area contributed by atoms with Gasteiger partial charge in [0.05, 0.1) is 10.6 Å². The van der Waals surface area contributed by atoms with Crippen LogP contribution in [0.25, 0.3) is 0 Å². The number of ether oxygens (including phenoxy) is 1. The molecule has 0 saturated heterocycles. The third-order valence-electron chi connectivity index (χ3n) is 2.02. The Morgan fingerprint density at radius 1 is 1.15 bits per heavy atom. The van der Waals surface area contributed by atoms with Crippen molar-refractivity contribution in [1.29, 1.82) is 0 Å². The predicted molar refractivity (Wildman–Crippen MR) is 54.9 cm³/mol. The summed E-state index contributed by atoms with van der Waals surface area (Å²) in [6.45, 7) is 0. The van der Waals surface area contributed by atoms with Crippen molar-refractivity contribution in [3.63, 3.8) is 0 Å². The van der Waals surface area contributed by atoms with Crippen LogP contribution in [0.2, 0.25) is 5.02 Å². The molecule has 0 aliphatic carbocycles. The zero-order chi connectivity index (χ0) is 15.7. The summed E-state index contributed by atoms with van der Waals surface area (Å²) in [4.78, 5) is 10.5.